The largest absolute Gasteiger partial charge is 0.323 e. The Kier molecular flexibility index (Phi) is 3.63. The smallest absolute Gasteiger partial charge is 0.119 e. The number of rotatable bonds is 0. The predicted molar refractivity (Wildman–Crippen MR) is 50.0 cm³/mol. The molecule has 0 unspecified atom stereocenters. The highest BCUT2D eigenvalue weighted by Gasteiger charge is 1.73. The maximum Gasteiger partial charge on any atom is 0.119 e. The molecule has 0 aliphatic rings. The molecular formula is C9H12N4. The molecule has 0 saturated carbocycles. The Balaban J connectivity index is 0.000000132. The molecule has 0 aliphatic heterocycles. The molecule has 4 nitrogen and oxygen atoms in total. The number of nitrogens with zero attached hydrogens (tertiary/aromatic N) is 4. The highest BCUT2D eigenvalue weighted by atomic mass is 15.2. The molecule has 4 heteroatoms. The van der Waals surface area contributed by atoms with Crippen molar-refractivity contribution in [3.63, 3.8) is 0 Å². The number of hydrogen-bond donors (Lipinski definition) is 0. The lowest BCUT2D eigenvalue weighted by Gasteiger charge is -1.82. The van der Waals surface area contributed by atoms with E-state index < -0.39 is 0 Å². The van der Waals surface area contributed by atoms with Crippen molar-refractivity contribution in [3.05, 3.63) is 42.7 Å². The first-order chi connectivity index (χ1) is 6.29. The van der Waals surface area contributed by atoms with Crippen LogP contribution in [0.2, 0.25) is 0 Å². The van der Waals surface area contributed by atoms with Gasteiger partial charge in [-0.1, -0.05) is 6.07 Å². The lowest BCUT2D eigenvalue weighted by atomic mass is 10.4. The normalized spacial score (nSPS) is 8.77. The summed E-state index contributed by atoms with van der Waals surface area (Å²) in [5.74, 6) is 0. The zero-order chi connectivity index (χ0) is 9.52. The van der Waals surface area contributed by atoms with Gasteiger partial charge in [0.15, 0.2) is 0 Å². The molecule has 0 spiro atoms. The minimum absolute atomic E-state index is 1.07. The molecule has 0 bridgehead atoms. The number of pyridine rings is 1. The summed E-state index contributed by atoms with van der Waals surface area (Å²) < 4.78 is 1.78. The lowest BCUT2D eigenvalue weighted by molar-refractivity contribution is 0.910. The van der Waals surface area contributed by atoms with Crippen LogP contribution in [0.1, 0.15) is 5.69 Å². The van der Waals surface area contributed by atoms with Crippen LogP contribution >= 0.6 is 0 Å². The Hall–Kier alpha value is -1.71. The van der Waals surface area contributed by atoms with Gasteiger partial charge >= 0.3 is 0 Å². The van der Waals surface area contributed by atoms with Crippen LogP contribution in [0.5, 0.6) is 0 Å². The maximum absolute atomic E-state index is 3.98. The van der Waals surface area contributed by atoms with Crippen LogP contribution in [0, 0.1) is 6.92 Å². The summed E-state index contributed by atoms with van der Waals surface area (Å²) in [4.78, 5) is 3.98. The zero-order valence-corrected chi connectivity index (χ0v) is 7.75. The fraction of sp³-hybridized carbons (Fsp3) is 0.222. The molecule has 68 valence electrons. The fourth-order valence-corrected chi connectivity index (χ4v) is 0.700. The summed E-state index contributed by atoms with van der Waals surface area (Å²) in [6.45, 7) is 1.97. The minimum atomic E-state index is 1.07. The SMILES string of the molecule is Cc1ccccn1.Cn1cnnc1. The van der Waals surface area contributed by atoms with Crippen molar-refractivity contribution in [2.24, 2.45) is 7.05 Å². The van der Waals surface area contributed by atoms with Gasteiger partial charge in [0.05, 0.1) is 0 Å². The molecule has 0 atom stereocenters. The Bertz CT molecular complexity index is 315. The van der Waals surface area contributed by atoms with E-state index in [0.717, 1.165) is 5.69 Å². The fourth-order valence-electron chi connectivity index (χ4n) is 0.700. The molecular weight excluding hydrogens is 164 g/mol. The molecule has 0 fully saturated rings. The first kappa shape index (κ1) is 9.38. The number of hydrogen-bond acceptors (Lipinski definition) is 3. The van der Waals surface area contributed by atoms with Gasteiger partial charge in [-0.2, -0.15) is 0 Å². The molecule has 0 radical (unpaired) electrons. The standard InChI is InChI=1S/C6H7N.C3H5N3/c1-6-4-2-3-5-7-6;1-6-2-4-5-3-6/h2-5H,1H3;2-3H,1H3. The Morgan fingerprint density at radius 2 is 1.85 bits per heavy atom. The van der Waals surface area contributed by atoms with E-state index in [4.69, 9.17) is 0 Å². The van der Waals surface area contributed by atoms with Gasteiger partial charge in [-0.25, -0.2) is 0 Å². The van der Waals surface area contributed by atoms with Gasteiger partial charge < -0.3 is 4.57 Å². The Morgan fingerprint density at radius 3 is 2.08 bits per heavy atom. The molecule has 0 aromatic carbocycles. The van der Waals surface area contributed by atoms with Crippen LogP contribution in [0.3, 0.4) is 0 Å². The van der Waals surface area contributed by atoms with Gasteiger partial charge in [0, 0.05) is 18.9 Å². The van der Waals surface area contributed by atoms with E-state index >= 15 is 0 Å². The molecule has 0 amide bonds. The Labute approximate surface area is 77.3 Å². The second-order valence-electron chi connectivity index (χ2n) is 2.60. The van der Waals surface area contributed by atoms with Gasteiger partial charge in [-0.05, 0) is 19.1 Å². The summed E-state index contributed by atoms with van der Waals surface area (Å²) in [5.41, 5.74) is 1.07. The molecule has 0 saturated heterocycles. The third-order valence-corrected chi connectivity index (χ3v) is 1.35. The Morgan fingerprint density at radius 1 is 1.15 bits per heavy atom. The van der Waals surface area contributed by atoms with Gasteiger partial charge in [0.2, 0.25) is 0 Å². The number of aromatic nitrogens is 4. The van der Waals surface area contributed by atoms with Gasteiger partial charge in [0.1, 0.15) is 12.7 Å². The van der Waals surface area contributed by atoms with E-state index in [-0.39, 0.29) is 0 Å². The lowest BCUT2D eigenvalue weighted by Crippen LogP contribution is -1.76. The first-order valence-electron chi connectivity index (χ1n) is 3.95. The highest BCUT2D eigenvalue weighted by molar-refractivity contribution is 4.99. The summed E-state index contributed by atoms with van der Waals surface area (Å²) in [5, 5.41) is 7.07. The van der Waals surface area contributed by atoms with Crippen LogP contribution in [0.15, 0.2) is 37.1 Å². The zero-order valence-electron chi connectivity index (χ0n) is 7.75. The molecule has 0 N–H and O–H groups in total. The summed E-state index contributed by atoms with van der Waals surface area (Å²) in [6, 6.07) is 5.86. The third kappa shape index (κ3) is 4.00. The second kappa shape index (κ2) is 5.03. The van der Waals surface area contributed by atoms with E-state index in [1.54, 1.807) is 23.4 Å². The van der Waals surface area contributed by atoms with Crippen molar-refractivity contribution in [1.29, 1.82) is 0 Å². The first-order valence-corrected chi connectivity index (χ1v) is 3.95. The van der Waals surface area contributed by atoms with Gasteiger partial charge in [-0.15, -0.1) is 10.2 Å². The van der Waals surface area contributed by atoms with Crippen LogP contribution in [0.25, 0.3) is 0 Å². The third-order valence-electron chi connectivity index (χ3n) is 1.35. The summed E-state index contributed by atoms with van der Waals surface area (Å²) in [7, 11) is 1.88. The quantitative estimate of drug-likeness (QED) is 0.606. The molecule has 2 heterocycles. The molecule has 2 rings (SSSR count). The van der Waals surface area contributed by atoms with Crippen molar-refractivity contribution in [2.45, 2.75) is 6.92 Å². The molecule has 0 aliphatic carbocycles. The van der Waals surface area contributed by atoms with Crippen molar-refractivity contribution < 1.29 is 0 Å². The van der Waals surface area contributed by atoms with Gasteiger partial charge in [-0.3, -0.25) is 4.98 Å². The van der Waals surface area contributed by atoms with Gasteiger partial charge in [0.25, 0.3) is 0 Å². The van der Waals surface area contributed by atoms with E-state index in [1.165, 1.54) is 0 Å². The molecule has 13 heavy (non-hydrogen) atoms. The van der Waals surface area contributed by atoms with Crippen molar-refractivity contribution >= 4 is 0 Å². The van der Waals surface area contributed by atoms with Crippen molar-refractivity contribution in [1.82, 2.24) is 19.7 Å². The summed E-state index contributed by atoms with van der Waals surface area (Å²) >= 11 is 0. The van der Waals surface area contributed by atoms with E-state index in [1.807, 2.05) is 32.2 Å². The van der Waals surface area contributed by atoms with E-state index in [0.29, 0.717) is 0 Å². The topological polar surface area (TPSA) is 43.6 Å². The van der Waals surface area contributed by atoms with E-state index in [9.17, 15) is 0 Å². The predicted octanol–water partition coefficient (Wildman–Crippen LogP) is 1.21. The monoisotopic (exact) mass is 176 g/mol. The maximum atomic E-state index is 3.98. The highest BCUT2D eigenvalue weighted by Crippen LogP contribution is 1.86. The van der Waals surface area contributed by atoms with Crippen LogP contribution < -0.4 is 0 Å². The minimum Gasteiger partial charge on any atom is -0.323 e. The average Bonchev–Trinajstić information content (AvgIpc) is 2.58. The van der Waals surface area contributed by atoms with Crippen LogP contribution in [0.4, 0.5) is 0 Å². The summed E-state index contributed by atoms with van der Waals surface area (Å²) in [6.07, 6.45) is 5.06. The van der Waals surface area contributed by atoms with Crippen molar-refractivity contribution in [2.75, 3.05) is 0 Å². The van der Waals surface area contributed by atoms with Crippen LogP contribution in [-0.2, 0) is 7.05 Å². The molecule has 2 aromatic rings. The second-order valence-corrected chi connectivity index (χ2v) is 2.60. The average molecular weight is 176 g/mol. The number of aryl methyl sites for hydroxylation is 2. The molecule has 2 aromatic heterocycles. The van der Waals surface area contributed by atoms with Crippen LogP contribution in [-0.4, -0.2) is 19.7 Å². The van der Waals surface area contributed by atoms with Crippen molar-refractivity contribution in [3.8, 4) is 0 Å². The van der Waals surface area contributed by atoms with E-state index in [2.05, 4.69) is 15.2 Å².